The summed E-state index contributed by atoms with van der Waals surface area (Å²) in [6, 6.07) is 7.89. The van der Waals surface area contributed by atoms with Crippen LogP contribution >= 0.6 is 0 Å². The summed E-state index contributed by atoms with van der Waals surface area (Å²) in [5.41, 5.74) is 9.71. The summed E-state index contributed by atoms with van der Waals surface area (Å²) in [6.45, 7) is 3.74. The summed E-state index contributed by atoms with van der Waals surface area (Å²) >= 11 is 0. The van der Waals surface area contributed by atoms with Crippen molar-refractivity contribution >= 4 is 22.3 Å². The lowest BCUT2D eigenvalue weighted by atomic mass is 10.1. The molecule has 1 aromatic heterocycles. The van der Waals surface area contributed by atoms with Gasteiger partial charge >= 0.3 is 0 Å². The Kier molecular flexibility index (Phi) is 4.58. The highest BCUT2D eigenvalue weighted by Crippen LogP contribution is 2.25. The molecule has 19 heavy (non-hydrogen) atoms. The number of nitrogens with two attached hydrogens (primary N) is 1. The van der Waals surface area contributed by atoms with E-state index in [1.165, 1.54) is 0 Å². The lowest BCUT2D eigenvalue weighted by Gasteiger charge is -2.11. The number of aromatic nitrogens is 1. The molecule has 0 unspecified atom stereocenters. The molecule has 0 radical (unpaired) electrons. The van der Waals surface area contributed by atoms with Gasteiger partial charge in [0.1, 0.15) is 0 Å². The number of benzene rings is 1. The van der Waals surface area contributed by atoms with Gasteiger partial charge in [0.25, 0.3) is 0 Å². The second-order valence-electron chi connectivity index (χ2n) is 4.71. The van der Waals surface area contributed by atoms with Gasteiger partial charge in [-0.25, -0.2) is 0 Å². The molecule has 0 atom stereocenters. The highest BCUT2D eigenvalue weighted by atomic mass is 16.5. The number of nitrogen functional groups attached to an aromatic ring is 1. The molecule has 4 heteroatoms. The van der Waals surface area contributed by atoms with E-state index in [1.54, 1.807) is 7.11 Å². The fraction of sp³-hybridized carbons (Fsp3) is 0.400. The first-order valence-electron chi connectivity index (χ1n) is 6.60. The summed E-state index contributed by atoms with van der Waals surface area (Å²) in [5, 5.41) is 4.54. The summed E-state index contributed by atoms with van der Waals surface area (Å²) < 4.78 is 5.04. The summed E-state index contributed by atoms with van der Waals surface area (Å²) in [4.78, 5) is 4.52. The molecule has 0 saturated heterocycles. The molecule has 0 saturated carbocycles. The minimum atomic E-state index is 0.764. The van der Waals surface area contributed by atoms with Crippen LogP contribution in [0.1, 0.15) is 18.5 Å². The van der Waals surface area contributed by atoms with Crippen LogP contribution in [0.2, 0.25) is 0 Å². The van der Waals surface area contributed by atoms with Crippen molar-refractivity contribution in [3.8, 4) is 0 Å². The second kappa shape index (κ2) is 6.38. The van der Waals surface area contributed by atoms with E-state index in [-0.39, 0.29) is 0 Å². The Labute approximate surface area is 114 Å². The number of hydrogen-bond donors (Lipinski definition) is 2. The minimum absolute atomic E-state index is 0.764. The first kappa shape index (κ1) is 13.6. The highest BCUT2D eigenvalue weighted by Gasteiger charge is 2.04. The van der Waals surface area contributed by atoms with E-state index in [1.807, 2.05) is 25.1 Å². The first-order valence-corrected chi connectivity index (χ1v) is 6.60. The van der Waals surface area contributed by atoms with Crippen molar-refractivity contribution in [2.24, 2.45) is 0 Å². The number of pyridine rings is 1. The normalized spacial score (nSPS) is 10.8. The zero-order valence-corrected chi connectivity index (χ0v) is 11.6. The zero-order valence-electron chi connectivity index (χ0n) is 11.6. The maximum Gasteiger partial charge on any atom is 0.0727 e. The van der Waals surface area contributed by atoms with Gasteiger partial charge in [0, 0.05) is 42.7 Å². The molecule has 4 nitrogen and oxygen atoms in total. The molecule has 3 N–H and O–H groups in total. The fourth-order valence-electron chi connectivity index (χ4n) is 2.12. The number of hydrogen-bond acceptors (Lipinski definition) is 4. The standard InChI is InChI=1S/C15H21N3O/c1-11-9-15(17-7-3-4-8-19-2)13-10-12(16)5-6-14(13)18-11/h5-6,9-10H,3-4,7-8,16H2,1-2H3,(H,17,18). The van der Waals surface area contributed by atoms with Gasteiger partial charge in [-0.15, -0.1) is 0 Å². The number of nitrogens with one attached hydrogen (secondary N) is 1. The van der Waals surface area contributed by atoms with E-state index in [9.17, 15) is 0 Å². The first-order chi connectivity index (χ1) is 9.20. The topological polar surface area (TPSA) is 60.2 Å². The maximum absolute atomic E-state index is 5.85. The highest BCUT2D eigenvalue weighted by molar-refractivity contribution is 5.93. The Hall–Kier alpha value is -1.81. The number of aryl methyl sites for hydroxylation is 1. The predicted octanol–water partition coefficient (Wildman–Crippen LogP) is 2.96. The van der Waals surface area contributed by atoms with Gasteiger partial charge in [0.2, 0.25) is 0 Å². The third-order valence-corrected chi connectivity index (χ3v) is 3.05. The van der Waals surface area contributed by atoms with E-state index in [0.29, 0.717) is 0 Å². The molecule has 0 aliphatic rings. The number of nitrogens with zero attached hydrogens (tertiary/aromatic N) is 1. The smallest absolute Gasteiger partial charge is 0.0727 e. The Morgan fingerprint density at radius 2 is 2.11 bits per heavy atom. The Morgan fingerprint density at radius 3 is 2.89 bits per heavy atom. The number of fused-ring (bicyclic) bond motifs is 1. The lowest BCUT2D eigenvalue weighted by molar-refractivity contribution is 0.194. The van der Waals surface area contributed by atoms with Crippen LogP contribution in [-0.4, -0.2) is 25.2 Å². The van der Waals surface area contributed by atoms with Crippen molar-refractivity contribution in [3.63, 3.8) is 0 Å². The largest absolute Gasteiger partial charge is 0.399 e. The third-order valence-electron chi connectivity index (χ3n) is 3.05. The van der Waals surface area contributed by atoms with Crippen molar-refractivity contribution in [2.45, 2.75) is 19.8 Å². The molecule has 2 rings (SSSR count). The van der Waals surface area contributed by atoms with E-state index in [2.05, 4.69) is 16.4 Å². The average Bonchev–Trinajstić information content (AvgIpc) is 2.39. The summed E-state index contributed by atoms with van der Waals surface area (Å²) in [6.07, 6.45) is 2.15. The maximum atomic E-state index is 5.85. The predicted molar refractivity (Wildman–Crippen MR) is 80.5 cm³/mol. The molecule has 0 spiro atoms. The molecular weight excluding hydrogens is 238 g/mol. The Bertz CT molecular complexity index is 554. The summed E-state index contributed by atoms with van der Waals surface area (Å²) in [7, 11) is 1.73. The molecule has 0 bridgehead atoms. The number of rotatable bonds is 6. The van der Waals surface area contributed by atoms with Gasteiger partial charge in [-0.05, 0) is 44.0 Å². The van der Waals surface area contributed by atoms with Crippen LogP contribution < -0.4 is 11.1 Å². The number of ether oxygens (including phenoxy) is 1. The van der Waals surface area contributed by atoms with Gasteiger partial charge < -0.3 is 15.8 Å². The van der Waals surface area contributed by atoms with E-state index in [4.69, 9.17) is 10.5 Å². The molecule has 0 fully saturated rings. The monoisotopic (exact) mass is 259 g/mol. The quantitative estimate of drug-likeness (QED) is 0.618. The van der Waals surface area contributed by atoms with Crippen LogP contribution in [0.25, 0.3) is 10.9 Å². The summed E-state index contributed by atoms with van der Waals surface area (Å²) in [5.74, 6) is 0. The molecule has 2 aromatic rings. The van der Waals surface area contributed by atoms with Crippen LogP contribution in [0.4, 0.5) is 11.4 Å². The zero-order chi connectivity index (χ0) is 13.7. The van der Waals surface area contributed by atoms with Crippen molar-refractivity contribution in [3.05, 3.63) is 30.0 Å². The third kappa shape index (κ3) is 3.58. The second-order valence-corrected chi connectivity index (χ2v) is 4.71. The lowest BCUT2D eigenvalue weighted by Crippen LogP contribution is -2.04. The van der Waals surface area contributed by atoms with E-state index < -0.39 is 0 Å². The number of methoxy groups -OCH3 is 1. The molecule has 1 aromatic carbocycles. The number of anilines is 2. The average molecular weight is 259 g/mol. The van der Waals surface area contributed by atoms with Crippen LogP contribution in [0.3, 0.4) is 0 Å². The van der Waals surface area contributed by atoms with Crippen molar-refractivity contribution in [1.29, 1.82) is 0 Å². The van der Waals surface area contributed by atoms with Crippen LogP contribution in [0.5, 0.6) is 0 Å². The number of unbranched alkanes of at least 4 members (excludes halogenated alkanes) is 1. The van der Waals surface area contributed by atoms with Crippen LogP contribution in [0, 0.1) is 6.92 Å². The SMILES string of the molecule is COCCCCNc1cc(C)nc2ccc(N)cc12. The van der Waals surface area contributed by atoms with Gasteiger partial charge in [-0.1, -0.05) is 0 Å². The van der Waals surface area contributed by atoms with Gasteiger partial charge in [-0.2, -0.15) is 0 Å². The van der Waals surface area contributed by atoms with E-state index in [0.717, 1.165) is 54.0 Å². The molecule has 0 aliphatic heterocycles. The minimum Gasteiger partial charge on any atom is -0.399 e. The van der Waals surface area contributed by atoms with Crippen molar-refractivity contribution < 1.29 is 4.74 Å². The Balaban J connectivity index is 2.14. The molecular formula is C15H21N3O. The van der Waals surface area contributed by atoms with Gasteiger partial charge in [0.15, 0.2) is 0 Å². The van der Waals surface area contributed by atoms with Crippen LogP contribution in [0.15, 0.2) is 24.3 Å². The van der Waals surface area contributed by atoms with Gasteiger partial charge in [0.05, 0.1) is 5.52 Å². The molecule has 0 aliphatic carbocycles. The molecule has 102 valence electrons. The fourth-order valence-corrected chi connectivity index (χ4v) is 2.12. The van der Waals surface area contributed by atoms with Crippen molar-refractivity contribution in [2.75, 3.05) is 31.3 Å². The van der Waals surface area contributed by atoms with Crippen LogP contribution in [-0.2, 0) is 4.74 Å². The van der Waals surface area contributed by atoms with Gasteiger partial charge in [-0.3, -0.25) is 4.98 Å². The molecule has 1 heterocycles. The van der Waals surface area contributed by atoms with E-state index >= 15 is 0 Å². The molecule has 0 amide bonds. The Morgan fingerprint density at radius 1 is 1.26 bits per heavy atom. The van der Waals surface area contributed by atoms with Crippen molar-refractivity contribution in [1.82, 2.24) is 4.98 Å².